The van der Waals surface area contributed by atoms with Gasteiger partial charge >= 0.3 is 5.97 Å². The molecule has 8 heteroatoms. The third-order valence-corrected chi connectivity index (χ3v) is 5.52. The number of aromatic nitrogens is 1. The Morgan fingerprint density at radius 1 is 1.06 bits per heavy atom. The molecule has 0 spiro atoms. The summed E-state index contributed by atoms with van der Waals surface area (Å²) in [4.78, 5) is 17.2. The van der Waals surface area contributed by atoms with Crippen LogP contribution < -0.4 is 11.5 Å². The molecule has 0 saturated carbocycles. The van der Waals surface area contributed by atoms with Crippen LogP contribution in [0.15, 0.2) is 58.7 Å². The van der Waals surface area contributed by atoms with Crippen molar-refractivity contribution in [3.63, 3.8) is 0 Å². The minimum atomic E-state index is -0.385. The summed E-state index contributed by atoms with van der Waals surface area (Å²) in [6.07, 6.45) is 0. The molecule has 0 aliphatic rings. The molecular formula is C23H21N5O2S. The van der Waals surface area contributed by atoms with Crippen molar-refractivity contribution in [3.05, 3.63) is 75.8 Å². The highest BCUT2D eigenvalue weighted by atomic mass is 32.1. The summed E-state index contributed by atoms with van der Waals surface area (Å²) < 4.78 is 4.74. The van der Waals surface area contributed by atoms with Crippen molar-refractivity contribution >= 4 is 29.0 Å². The monoisotopic (exact) mass is 431 g/mol. The molecule has 0 atom stereocenters. The first-order valence-electron chi connectivity index (χ1n) is 9.29. The van der Waals surface area contributed by atoms with Gasteiger partial charge in [0.1, 0.15) is 5.01 Å². The van der Waals surface area contributed by atoms with Crippen molar-refractivity contribution in [1.29, 1.82) is 0 Å². The quantitative estimate of drug-likeness (QED) is 0.216. The van der Waals surface area contributed by atoms with Crippen LogP contribution in [0.5, 0.6) is 0 Å². The number of esters is 1. The number of guanidine groups is 1. The number of nitrogens with two attached hydrogens (primary N) is 2. The van der Waals surface area contributed by atoms with Gasteiger partial charge in [-0.2, -0.15) is 5.10 Å². The molecule has 0 fully saturated rings. The van der Waals surface area contributed by atoms with Crippen LogP contribution in [0.3, 0.4) is 0 Å². The van der Waals surface area contributed by atoms with Gasteiger partial charge in [-0.15, -0.1) is 16.4 Å². The molecule has 0 aliphatic carbocycles. The van der Waals surface area contributed by atoms with Crippen molar-refractivity contribution in [2.75, 3.05) is 7.11 Å². The normalized spacial score (nSPS) is 10.7. The molecule has 4 N–H and O–H groups in total. The number of nitrogens with zero attached hydrogens (tertiary/aromatic N) is 3. The van der Waals surface area contributed by atoms with Crippen molar-refractivity contribution in [3.8, 4) is 22.4 Å². The van der Waals surface area contributed by atoms with Crippen molar-refractivity contribution < 1.29 is 9.53 Å². The largest absolute Gasteiger partial charge is 0.465 e. The second-order valence-electron chi connectivity index (χ2n) is 6.54. The third kappa shape index (κ3) is 5.56. The smallest absolute Gasteiger partial charge is 0.337 e. The Labute approximate surface area is 184 Å². The molecule has 1 aromatic heterocycles. The molecule has 0 unspecified atom stereocenters. The molecular weight excluding hydrogens is 410 g/mol. The zero-order valence-corrected chi connectivity index (χ0v) is 18.2. The number of hydrogen-bond acceptors (Lipinski definition) is 6. The zero-order valence-electron chi connectivity index (χ0n) is 17.3. The lowest BCUT2D eigenvalue weighted by atomic mass is 10.1. The van der Waals surface area contributed by atoms with Crippen LogP contribution >= 0.6 is 11.3 Å². The van der Waals surface area contributed by atoms with Crippen LogP contribution in [-0.4, -0.2) is 29.7 Å². The number of thiazole rings is 1. The van der Waals surface area contributed by atoms with Crippen molar-refractivity contribution in [2.45, 2.75) is 13.8 Å². The standard InChI is InChI=1S/C23H21N5O2S/c1-14-20(15(2)27-28-23(24)25)31-21(26-14)18-11-9-16(10-12-18)7-8-17-5-4-6-19(13-17)22(29)30-3/h4-6,9-13H,1-3H3,(H4,24,25,28)/b27-15+. The molecule has 0 amide bonds. The Kier molecular flexibility index (Phi) is 6.80. The number of carbonyl (C=O) groups is 1. The van der Waals surface area contributed by atoms with Crippen LogP contribution in [0, 0.1) is 18.8 Å². The zero-order chi connectivity index (χ0) is 22.4. The fraction of sp³-hybridized carbons (Fsp3) is 0.130. The highest BCUT2D eigenvalue weighted by Crippen LogP contribution is 2.28. The van der Waals surface area contributed by atoms with Gasteiger partial charge in [-0.1, -0.05) is 30.0 Å². The lowest BCUT2D eigenvalue weighted by molar-refractivity contribution is 0.0600. The molecule has 3 rings (SSSR count). The van der Waals surface area contributed by atoms with Gasteiger partial charge in [0.25, 0.3) is 0 Å². The molecule has 2 aromatic carbocycles. The van der Waals surface area contributed by atoms with Crippen LogP contribution in [0.25, 0.3) is 10.6 Å². The van der Waals surface area contributed by atoms with Crippen molar-refractivity contribution in [1.82, 2.24) is 4.98 Å². The number of methoxy groups -OCH3 is 1. The summed E-state index contributed by atoms with van der Waals surface area (Å²) in [6.45, 7) is 3.76. The molecule has 7 nitrogen and oxygen atoms in total. The SMILES string of the molecule is COC(=O)c1cccc(C#Cc2ccc(-c3nc(C)c(/C(C)=N/N=C(N)N)s3)cc2)c1. The minimum Gasteiger partial charge on any atom is -0.465 e. The number of rotatable bonds is 4. The maximum atomic E-state index is 11.6. The number of hydrogen-bond donors (Lipinski definition) is 2. The van der Waals surface area contributed by atoms with Gasteiger partial charge in [-0.25, -0.2) is 9.78 Å². The summed E-state index contributed by atoms with van der Waals surface area (Å²) >= 11 is 1.52. The Balaban J connectivity index is 1.80. The highest BCUT2D eigenvalue weighted by molar-refractivity contribution is 7.17. The Bertz CT molecular complexity index is 1230. The van der Waals surface area contributed by atoms with Crippen LogP contribution in [0.2, 0.25) is 0 Å². The fourth-order valence-corrected chi connectivity index (χ4v) is 3.73. The van der Waals surface area contributed by atoms with Gasteiger partial charge in [0.05, 0.1) is 29.0 Å². The Morgan fingerprint density at radius 3 is 2.45 bits per heavy atom. The third-order valence-electron chi connectivity index (χ3n) is 4.21. The van der Waals surface area contributed by atoms with Crippen LogP contribution in [0.4, 0.5) is 0 Å². The summed E-state index contributed by atoms with van der Waals surface area (Å²) in [5, 5.41) is 8.60. The molecule has 3 aromatic rings. The maximum absolute atomic E-state index is 11.6. The fourth-order valence-electron chi connectivity index (χ4n) is 2.72. The Morgan fingerprint density at radius 2 is 1.77 bits per heavy atom. The topological polar surface area (TPSA) is 116 Å². The van der Waals surface area contributed by atoms with Gasteiger partial charge in [-0.05, 0) is 44.2 Å². The van der Waals surface area contributed by atoms with E-state index in [2.05, 4.69) is 27.0 Å². The molecule has 0 aliphatic heterocycles. The number of carbonyl (C=O) groups excluding carboxylic acids is 1. The van der Waals surface area contributed by atoms with E-state index in [0.717, 1.165) is 32.3 Å². The second kappa shape index (κ2) is 9.69. The highest BCUT2D eigenvalue weighted by Gasteiger charge is 2.12. The van der Waals surface area contributed by atoms with E-state index in [1.807, 2.05) is 44.2 Å². The van der Waals surface area contributed by atoms with Gasteiger partial charge in [0.2, 0.25) is 5.96 Å². The van der Waals surface area contributed by atoms with E-state index in [4.69, 9.17) is 16.2 Å². The van der Waals surface area contributed by atoms with E-state index in [-0.39, 0.29) is 11.9 Å². The first kappa shape index (κ1) is 21.7. The first-order chi connectivity index (χ1) is 14.9. The average Bonchev–Trinajstić information content (AvgIpc) is 3.17. The molecule has 0 bridgehead atoms. The van der Waals surface area contributed by atoms with Crippen molar-refractivity contribution in [2.24, 2.45) is 21.7 Å². The Hall–Kier alpha value is -3.96. The predicted octanol–water partition coefficient (Wildman–Crippen LogP) is 3.30. The van der Waals surface area contributed by atoms with E-state index in [1.54, 1.807) is 18.2 Å². The van der Waals surface area contributed by atoms with E-state index in [1.165, 1.54) is 18.4 Å². The molecule has 0 saturated heterocycles. The number of ether oxygens (including phenoxy) is 1. The average molecular weight is 432 g/mol. The van der Waals surface area contributed by atoms with Gasteiger partial charge < -0.3 is 16.2 Å². The van der Waals surface area contributed by atoms with Crippen LogP contribution in [-0.2, 0) is 4.74 Å². The molecule has 31 heavy (non-hydrogen) atoms. The maximum Gasteiger partial charge on any atom is 0.337 e. The summed E-state index contributed by atoms with van der Waals surface area (Å²) in [5.41, 5.74) is 15.3. The van der Waals surface area contributed by atoms with Crippen LogP contribution in [0.1, 0.15) is 39.0 Å². The molecule has 0 radical (unpaired) electrons. The number of aryl methyl sites for hydroxylation is 1. The second-order valence-corrected chi connectivity index (χ2v) is 7.54. The van der Waals surface area contributed by atoms with E-state index >= 15 is 0 Å². The van der Waals surface area contributed by atoms with Gasteiger partial charge in [0.15, 0.2) is 0 Å². The van der Waals surface area contributed by atoms with Gasteiger partial charge in [-0.3, -0.25) is 0 Å². The lowest BCUT2D eigenvalue weighted by Gasteiger charge is -1.99. The van der Waals surface area contributed by atoms with E-state index < -0.39 is 0 Å². The minimum absolute atomic E-state index is 0.0875. The predicted molar refractivity (Wildman–Crippen MR) is 124 cm³/mol. The van der Waals surface area contributed by atoms with E-state index in [9.17, 15) is 4.79 Å². The number of benzene rings is 2. The lowest BCUT2D eigenvalue weighted by Crippen LogP contribution is -2.22. The summed E-state index contributed by atoms with van der Waals surface area (Å²) in [6, 6.07) is 14.8. The van der Waals surface area contributed by atoms with E-state index in [0.29, 0.717) is 11.3 Å². The first-order valence-corrected chi connectivity index (χ1v) is 10.1. The summed E-state index contributed by atoms with van der Waals surface area (Å²) in [7, 11) is 1.35. The molecule has 1 heterocycles. The summed E-state index contributed by atoms with van der Waals surface area (Å²) in [5.74, 6) is 5.71. The van der Waals surface area contributed by atoms with Gasteiger partial charge in [0, 0.05) is 16.7 Å². The molecule has 156 valence electrons.